The van der Waals surface area contributed by atoms with Gasteiger partial charge in [0.2, 0.25) is 0 Å². The van der Waals surface area contributed by atoms with Gasteiger partial charge in [0, 0.05) is 12.8 Å². The molecule has 1 unspecified atom stereocenters. The first-order chi connectivity index (χ1) is 19.2. The first-order valence-corrected chi connectivity index (χ1v) is 17.1. The van der Waals surface area contributed by atoms with Gasteiger partial charge in [0.15, 0.2) is 0 Å². The highest BCUT2D eigenvalue weighted by atomic mass is 31.2. The van der Waals surface area contributed by atoms with Gasteiger partial charge in [-0.2, -0.15) is 4.98 Å². The minimum atomic E-state index is -4.02. The number of hydrogen-bond donors (Lipinski definition) is 3. The zero-order chi connectivity index (χ0) is 29.5. The number of rotatable bonds is 27. The van der Waals surface area contributed by atoms with Crippen LogP contribution in [0.2, 0.25) is 0 Å². The van der Waals surface area contributed by atoms with E-state index in [1.165, 1.54) is 100 Å². The van der Waals surface area contributed by atoms with Crippen molar-refractivity contribution in [2.24, 2.45) is 5.92 Å². The summed E-state index contributed by atoms with van der Waals surface area (Å²) < 4.78 is 29.2. The zero-order valence-electron chi connectivity index (χ0n) is 25.0. The molecular formula is C29H56N3O7P. The van der Waals surface area contributed by atoms with Crippen LogP contribution >= 0.6 is 7.60 Å². The summed E-state index contributed by atoms with van der Waals surface area (Å²) in [6.45, 7) is 4.93. The molecule has 1 aromatic heterocycles. The Balaban J connectivity index is 1.91. The molecule has 0 radical (unpaired) electrons. The van der Waals surface area contributed by atoms with Crippen LogP contribution < -0.4 is 11.4 Å². The van der Waals surface area contributed by atoms with Gasteiger partial charge >= 0.3 is 13.3 Å². The number of hydrogen-bond acceptors (Lipinski definition) is 8. The van der Waals surface area contributed by atoms with Crippen LogP contribution in [-0.2, 0) is 25.1 Å². The Kier molecular flexibility index (Phi) is 21.4. The molecule has 10 nitrogen and oxygen atoms in total. The Hall–Kier alpha value is -1.29. The highest BCUT2D eigenvalue weighted by Crippen LogP contribution is 2.41. The second-order valence-electron chi connectivity index (χ2n) is 11.1. The first kappa shape index (κ1) is 36.7. The largest absolute Gasteiger partial charge is 0.394 e. The summed E-state index contributed by atoms with van der Waals surface area (Å²) in [5.74, 6) is 0.931. The Morgan fingerprint density at radius 1 is 0.900 bits per heavy atom. The Labute approximate surface area is 241 Å². The third-order valence-corrected chi connectivity index (χ3v) is 7.88. The molecule has 234 valence electrons. The molecule has 1 aromatic rings. The van der Waals surface area contributed by atoms with Gasteiger partial charge in [-0.25, -0.2) is 4.79 Å². The molecule has 0 aliphatic carbocycles. The van der Waals surface area contributed by atoms with Crippen molar-refractivity contribution >= 4 is 13.4 Å². The molecule has 1 heterocycles. The van der Waals surface area contributed by atoms with Gasteiger partial charge in [-0.15, -0.1) is 0 Å². The fraction of sp³-hybridized carbons (Fsp3) is 0.862. The zero-order valence-corrected chi connectivity index (χ0v) is 25.9. The standard InChI is InChI=1S/C29H56N3O7P/c1-26(2)17-15-13-11-9-7-5-3-4-6-8-10-12-14-16-20-37-21-22-39-40(35,36)25-38-27(24-33)23-32-19-18-28(30)31-29(32)34/h18-19,26-27,33H,3-17,20-25H2,1-2H3,(H,35,36)(H2,30,31,34)/t27-/m0/s1. The van der Waals surface area contributed by atoms with E-state index in [1.54, 1.807) is 0 Å². The summed E-state index contributed by atoms with van der Waals surface area (Å²) in [7, 11) is -4.02. The molecular weight excluding hydrogens is 533 g/mol. The van der Waals surface area contributed by atoms with Crippen LogP contribution in [0, 0.1) is 5.92 Å². The van der Waals surface area contributed by atoms with Crippen molar-refractivity contribution in [2.45, 2.75) is 123 Å². The second kappa shape index (κ2) is 23.3. The first-order valence-electron chi connectivity index (χ1n) is 15.3. The lowest BCUT2D eigenvalue weighted by Crippen LogP contribution is -2.32. The third kappa shape index (κ3) is 20.6. The van der Waals surface area contributed by atoms with Crippen molar-refractivity contribution in [3.05, 3.63) is 22.7 Å². The maximum Gasteiger partial charge on any atom is 0.353 e. The lowest BCUT2D eigenvalue weighted by atomic mass is 10.0. The third-order valence-electron chi connectivity index (χ3n) is 6.81. The van der Waals surface area contributed by atoms with Gasteiger partial charge in [0.25, 0.3) is 0 Å². The van der Waals surface area contributed by atoms with Crippen LogP contribution in [0.3, 0.4) is 0 Å². The number of aliphatic hydroxyl groups excluding tert-OH is 1. The number of unbranched alkanes of at least 4 members (excludes halogenated alkanes) is 13. The molecule has 4 N–H and O–H groups in total. The van der Waals surface area contributed by atoms with Gasteiger partial charge in [-0.1, -0.05) is 104 Å². The van der Waals surface area contributed by atoms with Gasteiger partial charge in [-0.3, -0.25) is 9.13 Å². The van der Waals surface area contributed by atoms with Crippen LogP contribution in [0.15, 0.2) is 17.1 Å². The number of aliphatic hydroxyl groups is 1. The molecule has 1 rings (SSSR count). The molecule has 2 atom stereocenters. The van der Waals surface area contributed by atoms with Gasteiger partial charge < -0.3 is 29.7 Å². The highest BCUT2D eigenvalue weighted by Gasteiger charge is 2.22. The molecule has 0 saturated carbocycles. The topological polar surface area (TPSA) is 146 Å². The SMILES string of the molecule is CC(C)CCCCCCCCCCCCCCCCOCCOP(=O)(O)CO[C@H](CO)Cn1ccc(N)nc1=O. The minimum Gasteiger partial charge on any atom is -0.394 e. The Morgan fingerprint density at radius 3 is 1.98 bits per heavy atom. The fourth-order valence-corrected chi connectivity index (χ4v) is 5.25. The lowest BCUT2D eigenvalue weighted by Gasteiger charge is -2.19. The molecule has 0 aliphatic heterocycles. The van der Waals surface area contributed by atoms with Crippen molar-refractivity contribution in [3.63, 3.8) is 0 Å². The Morgan fingerprint density at radius 2 is 1.45 bits per heavy atom. The molecule has 0 fully saturated rings. The number of ether oxygens (including phenoxy) is 2. The van der Waals surface area contributed by atoms with Crippen LogP contribution in [0.4, 0.5) is 5.82 Å². The number of anilines is 1. The average Bonchev–Trinajstić information content (AvgIpc) is 2.90. The van der Waals surface area contributed by atoms with E-state index >= 15 is 0 Å². The van der Waals surface area contributed by atoms with Crippen molar-refractivity contribution in [2.75, 3.05) is 38.5 Å². The highest BCUT2D eigenvalue weighted by molar-refractivity contribution is 7.52. The average molecular weight is 590 g/mol. The van der Waals surface area contributed by atoms with E-state index < -0.39 is 32.3 Å². The number of nitrogen functional groups attached to an aromatic ring is 1. The quantitative estimate of drug-likeness (QED) is 0.0845. The molecule has 0 aliphatic rings. The van der Waals surface area contributed by atoms with E-state index in [2.05, 4.69) is 18.8 Å². The van der Waals surface area contributed by atoms with Crippen molar-refractivity contribution in [1.29, 1.82) is 0 Å². The van der Waals surface area contributed by atoms with Crippen LogP contribution in [0.25, 0.3) is 0 Å². The van der Waals surface area contributed by atoms with Gasteiger partial charge in [-0.05, 0) is 18.4 Å². The molecule has 11 heteroatoms. The van der Waals surface area contributed by atoms with Crippen molar-refractivity contribution in [3.8, 4) is 0 Å². The summed E-state index contributed by atoms with van der Waals surface area (Å²) in [6.07, 6.45) is 19.7. The summed E-state index contributed by atoms with van der Waals surface area (Å²) >= 11 is 0. The summed E-state index contributed by atoms with van der Waals surface area (Å²) in [5.41, 5.74) is 4.86. The van der Waals surface area contributed by atoms with E-state index in [0.29, 0.717) is 6.61 Å². The monoisotopic (exact) mass is 589 g/mol. The second-order valence-corrected chi connectivity index (χ2v) is 12.9. The maximum absolute atomic E-state index is 12.2. The lowest BCUT2D eigenvalue weighted by molar-refractivity contribution is 0.0147. The molecule has 40 heavy (non-hydrogen) atoms. The van der Waals surface area contributed by atoms with E-state index in [1.807, 2.05) is 0 Å². The predicted molar refractivity (Wildman–Crippen MR) is 160 cm³/mol. The molecule has 0 saturated heterocycles. The smallest absolute Gasteiger partial charge is 0.353 e. The molecule has 0 spiro atoms. The number of nitrogens with two attached hydrogens (primary N) is 1. The minimum absolute atomic E-state index is 0.0274. The van der Waals surface area contributed by atoms with E-state index in [0.717, 1.165) is 18.8 Å². The van der Waals surface area contributed by atoms with Gasteiger partial charge in [0.1, 0.15) is 12.2 Å². The van der Waals surface area contributed by atoms with Crippen LogP contribution in [0.5, 0.6) is 0 Å². The van der Waals surface area contributed by atoms with Crippen molar-refractivity contribution < 1.29 is 28.6 Å². The fourth-order valence-electron chi connectivity index (χ4n) is 4.42. The van der Waals surface area contributed by atoms with E-state index in [4.69, 9.17) is 19.7 Å². The molecule has 0 amide bonds. The summed E-state index contributed by atoms with van der Waals surface area (Å²) in [5, 5.41) is 9.47. The van der Waals surface area contributed by atoms with Crippen LogP contribution in [0.1, 0.15) is 110 Å². The number of nitrogens with zero attached hydrogens (tertiary/aromatic N) is 2. The molecule has 0 bridgehead atoms. The van der Waals surface area contributed by atoms with Crippen LogP contribution in [-0.4, -0.2) is 58.4 Å². The normalized spacial score (nSPS) is 14.0. The molecule has 0 aromatic carbocycles. The maximum atomic E-state index is 12.2. The van der Waals surface area contributed by atoms with Gasteiger partial charge in [0.05, 0.1) is 32.5 Å². The van der Waals surface area contributed by atoms with E-state index in [9.17, 15) is 19.4 Å². The predicted octanol–water partition coefficient (Wildman–Crippen LogP) is 5.89. The summed E-state index contributed by atoms with van der Waals surface area (Å²) in [6, 6.07) is 1.44. The van der Waals surface area contributed by atoms with E-state index in [-0.39, 0.29) is 25.6 Å². The Bertz CT molecular complexity index is 853. The number of aromatic nitrogens is 2. The summed E-state index contributed by atoms with van der Waals surface area (Å²) in [4.78, 5) is 25.3. The van der Waals surface area contributed by atoms with Crippen molar-refractivity contribution in [1.82, 2.24) is 9.55 Å².